The van der Waals surface area contributed by atoms with Crippen molar-refractivity contribution in [3.05, 3.63) is 85.3 Å². The predicted octanol–water partition coefficient (Wildman–Crippen LogP) is 7.71. The number of fused-ring (bicyclic) bond motifs is 1. The second-order valence-corrected chi connectivity index (χ2v) is 9.20. The standard InChI is InChI=1S/C23H17BrCl2F3NO/c24-19-10-14-7-8-30(11-13-1-4-16(25)5-2-13)12-17(14)21(22(19)31)15-3-6-20(26)18(9-15)23(27,28)29/h1-6,9-10,31H,7-8,11-12H2. The first kappa shape index (κ1) is 22.5. The highest BCUT2D eigenvalue weighted by molar-refractivity contribution is 9.10. The molecule has 1 aliphatic heterocycles. The molecular weight excluding hydrogens is 514 g/mol. The zero-order chi connectivity index (χ0) is 22.3. The molecule has 0 unspecified atom stereocenters. The van der Waals surface area contributed by atoms with Crippen LogP contribution in [0, 0.1) is 0 Å². The van der Waals surface area contributed by atoms with E-state index in [2.05, 4.69) is 20.8 Å². The highest BCUT2D eigenvalue weighted by Crippen LogP contribution is 2.45. The molecule has 0 radical (unpaired) electrons. The Bertz CT molecular complexity index is 1130. The Hall–Kier alpha value is -1.73. The minimum absolute atomic E-state index is 0.0810. The quantitative estimate of drug-likeness (QED) is 0.375. The fraction of sp³-hybridized carbons (Fsp3) is 0.217. The number of phenols is 1. The molecule has 0 aliphatic carbocycles. The van der Waals surface area contributed by atoms with Crippen LogP contribution >= 0.6 is 39.1 Å². The Morgan fingerprint density at radius 3 is 2.42 bits per heavy atom. The van der Waals surface area contributed by atoms with E-state index in [1.54, 1.807) is 0 Å². The van der Waals surface area contributed by atoms with E-state index in [1.165, 1.54) is 12.1 Å². The van der Waals surface area contributed by atoms with Crippen molar-refractivity contribution in [3.63, 3.8) is 0 Å². The first-order valence-corrected chi connectivity index (χ1v) is 11.1. The van der Waals surface area contributed by atoms with Crippen LogP contribution in [0.5, 0.6) is 5.75 Å². The van der Waals surface area contributed by atoms with Gasteiger partial charge in [-0.1, -0.05) is 41.4 Å². The van der Waals surface area contributed by atoms with Crippen LogP contribution in [0.15, 0.2) is 53.0 Å². The number of rotatable bonds is 3. The summed E-state index contributed by atoms with van der Waals surface area (Å²) in [5, 5.41) is 11.1. The van der Waals surface area contributed by atoms with Crippen LogP contribution in [-0.2, 0) is 25.7 Å². The number of hydrogen-bond donors (Lipinski definition) is 1. The first-order chi connectivity index (χ1) is 14.6. The Kier molecular flexibility index (Phi) is 6.28. The average Bonchev–Trinajstić information content (AvgIpc) is 2.71. The molecule has 2 nitrogen and oxygen atoms in total. The minimum atomic E-state index is -4.59. The Balaban J connectivity index is 1.76. The summed E-state index contributed by atoms with van der Waals surface area (Å²) in [6.45, 7) is 1.96. The van der Waals surface area contributed by atoms with Crippen LogP contribution in [0.1, 0.15) is 22.3 Å². The van der Waals surface area contributed by atoms with Crippen molar-refractivity contribution < 1.29 is 18.3 Å². The Morgan fingerprint density at radius 1 is 1.03 bits per heavy atom. The Labute approximate surface area is 196 Å². The van der Waals surface area contributed by atoms with E-state index in [0.29, 0.717) is 34.6 Å². The van der Waals surface area contributed by atoms with Gasteiger partial charge in [-0.15, -0.1) is 0 Å². The van der Waals surface area contributed by atoms with Crippen LogP contribution in [-0.4, -0.2) is 16.6 Å². The predicted molar refractivity (Wildman–Crippen MR) is 121 cm³/mol. The van der Waals surface area contributed by atoms with Gasteiger partial charge in [-0.3, -0.25) is 4.90 Å². The van der Waals surface area contributed by atoms with Crippen molar-refractivity contribution in [2.45, 2.75) is 25.7 Å². The maximum Gasteiger partial charge on any atom is 0.417 e. The van der Waals surface area contributed by atoms with Crippen LogP contribution in [0.3, 0.4) is 0 Å². The summed E-state index contributed by atoms with van der Waals surface area (Å²) in [5.74, 6) is -0.0810. The monoisotopic (exact) mass is 529 g/mol. The molecule has 0 amide bonds. The molecule has 1 N–H and O–H groups in total. The van der Waals surface area contributed by atoms with Gasteiger partial charge >= 0.3 is 6.18 Å². The summed E-state index contributed by atoms with van der Waals surface area (Å²) in [6, 6.07) is 13.1. The molecule has 1 aliphatic rings. The second-order valence-electron chi connectivity index (χ2n) is 7.50. The first-order valence-electron chi connectivity index (χ1n) is 9.50. The minimum Gasteiger partial charge on any atom is -0.506 e. The molecule has 0 fully saturated rings. The zero-order valence-corrected chi connectivity index (χ0v) is 19.2. The fourth-order valence-electron chi connectivity index (χ4n) is 3.91. The molecular formula is C23H17BrCl2F3NO. The number of aromatic hydroxyl groups is 1. The van der Waals surface area contributed by atoms with Crippen LogP contribution in [0.4, 0.5) is 13.2 Å². The van der Waals surface area contributed by atoms with Gasteiger partial charge in [-0.25, -0.2) is 0 Å². The molecule has 162 valence electrons. The summed E-state index contributed by atoms with van der Waals surface area (Å²) < 4.78 is 40.7. The summed E-state index contributed by atoms with van der Waals surface area (Å²) in [7, 11) is 0. The van der Waals surface area contributed by atoms with E-state index >= 15 is 0 Å². The lowest BCUT2D eigenvalue weighted by molar-refractivity contribution is -0.137. The maximum absolute atomic E-state index is 13.4. The molecule has 0 aromatic heterocycles. The topological polar surface area (TPSA) is 23.5 Å². The van der Waals surface area contributed by atoms with E-state index in [0.717, 1.165) is 29.3 Å². The number of benzene rings is 3. The largest absolute Gasteiger partial charge is 0.506 e. The van der Waals surface area contributed by atoms with Gasteiger partial charge in [0.1, 0.15) is 5.75 Å². The average molecular weight is 531 g/mol. The van der Waals surface area contributed by atoms with Gasteiger partial charge in [-0.2, -0.15) is 13.2 Å². The lowest BCUT2D eigenvalue weighted by Crippen LogP contribution is -2.30. The number of hydrogen-bond acceptors (Lipinski definition) is 2. The summed E-state index contributed by atoms with van der Waals surface area (Å²) in [4.78, 5) is 2.20. The van der Waals surface area contributed by atoms with E-state index < -0.39 is 11.7 Å². The van der Waals surface area contributed by atoms with Crippen LogP contribution in [0.25, 0.3) is 11.1 Å². The van der Waals surface area contributed by atoms with E-state index in [-0.39, 0.29) is 16.3 Å². The molecule has 3 aromatic carbocycles. The number of alkyl halides is 3. The fourth-order valence-corrected chi connectivity index (χ4v) is 4.73. The number of halogens is 6. The SMILES string of the molecule is Oc1c(Br)cc2c(c1-c1ccc(Cl)c(C(F)(F)F)c1)CN(Cc1ccc(Cl)cc1)CC2. The van der Waals surface area contributed by atoms with Crippen LogP contribution in [0.2, 0.25) is 10.0 Å². The van der Waals surface area contributed by atoms with Gasteiger partial charge in [0.15, 0.2) is 0 Å². The maximum atomic E-state index is 13.4. The molecule has 0 bridgehead atoms. The van der Waals surface area contributed by atoms with Gasteiger partial charge in [0, 0.05) is 30.2 Å². The van der Waals surface area contributed by atoms with Crippen molar-refractivity contribution >= 4 is 39.1 Å². The van der Waals surface area contributed by atoms with Gasteiger partial charge in [0.05, 0.1) is 15.1 Å². The second kappa shape index (κ2) is 8.66. The van der Waals surface area contributed by atoms with E-state index in [1.807, 2.05) is 30.3 Å². The molecule has 8 heteroatoms. The molecule has 31 heavy (non-hydrogen) atoms. The van der Waals surface area contributed by atoms with Crippen molar-refractivity contribution in [2.75, 3.05) is 6.54 Å². The van der Waals surface area contributed by atoms with Crippen molar-refractivity contribution in [2.24, 2.45) is 0 Å². The molecule has 4 rings (SSSR count). The third kappa shape index (κ3) is 4.72. The molecule has 3 aromatic rings. The molecule has 1 heterocycles. The smallest absolute Gasteiger partial charge is 0.417 e. The third-order valence-electron chi connectivity index (χ3n) is 5.41. The van der Waals surface area contributed by atoms with Crippen molar-refractivity contribution in [3.8, 4) is 16.9 Å². The summed E-state index contributed by atoms with van der Waals surface area (Å²) >= 11 is 15.1. The number of phenolic OH excluding ortho intramolecular Hbond substituents is 1. The van der Waals surface area contributed by atoms with Crippen molar-refractivity contribution in [1.29, 1.82) is 0 Å². The van der Waals surface area contributed by atoms with Crippen LogP contribution < -0.4 is 0 Å². The third-order valence-corrected chi connectivity index (χ3v) is 6.60. The zero-order valence-electron chi connectivity index (χ0n) is 16.1. The molecule has 0 atom stereocenters. The van der Waals surface area contributed by atoms with Gasteiger partial charge in [0.2, 0.25) is 0 Å². The van der Waals surface area contributed by atoms with Gasteiger partial charge in [-0.05, 0) is 74.9 Å². The van der Waals surface area contributed by atoms with E-state index in [9.17, 15) is 18.3 Å². The normalized spacial score (nSPS) is 14.5. The summed E-state index contributed by atoms with van der Waals surface area (Å²) in [6.07, 6.45) is -3.87. The molecule has 0 saturated carbocycles. The lowest BCUT2D eigenvalue weighted by atomic mass is 9.89. The molecule has 0 saturated heterocycles. The lowest BCUT2D eigenvalue weighted by Gasteiger charge is -2.31. The van der Waals surface area contributed by atoms with Gasteiger partial charge in [0.25, 0.3) is 0 Å². The van der Waals surface area contributed by atoms with E-state index in [4.69, 9.17) is 23.2 Å². The highest BCUT2D eigenvalue weighted by atomic mass is 79.9. The highest BCUT2D eigenvalue weighted by Gasteiger charge is 2.34. The molecule has 0 spiro atoms. The van der Waals surface area contributed by atoms with Crippen molar-refractivity contribution in [1.82, 2.24) is 4.90 Å². The Morgan fingerprint density at radius 2 is 1.74 bits per heavy atom. The summed E-state index contributed by atoms with van der Waals surface area (Å²) in [5.41, 5.74) is 2.65. The van der Waals surface area contributed by atoms with Gasteiger partial charge < -0.3 is 5.11 Å². The number of nitrogens with zero attached hydrogens (tertiary/aromatic N) is 1.